The third-order valence-electron chi connectivity index (χ3n) is 3.14. The van der Waals surface area contributed by atoms with Gasteiger partial charge in [0.25, 0.3) is 0 Å². The molecule has 0 atom stereocenters. The van der Waals surface area contributed by atoms with Gasteiger partial charge in [0.1, 0.15) is 6.61 Å². The molecule has 1 aliphatic carbocycles. The van der Waals surface area contributed by atoms with E-state index in [0.717, 1.165) is 29.9 Å². The summed E-state index contributed by atoms with van der Waals surface area (Å²) in [5, 5.41) is 4.01. The molecule has 0 aromatic heterocycles. The van der Waals surface area contributed by atoms with E-state index >= 15 is 0 Å². The highest BCUT2D eigenvalue weighted by Crippen LogP contribution is 2.32. The van der Waals surface area contributed by atoms with Gasteiger partial charge in [-0.3, -0.25) is 0 Å². The van der Waals surface area contributed by atoms with Gasteiger partial charge < -0.3 is 14.3 Å². The summed E-state index contributed by atoms with van der Waals surface area (Å²) in [7, 11) is 0. The molecule has 0 fully saturated rings. The lowest BCUT2D eigenvalue weighted by molar-refractivity contribution is 0.132. The molecular formula is C14H14BrNO3. The standard InChI is InChI=1S/C14H14BrNO3/c15-12-3-1-2-11(12)7-16-19-8-10-4-5-13-14(6-10)18-9-17-13/h4-7H,1-3,8-9H2/b16-7+. The fraction of sp³-hybridized carbons (Fsp3) is 0.357. The van der Waals surface area contributed by atoms with Gasteiger partial charge in [-0.15, -0.1) is 0 Å². The summed E-state index contributed by atoms with van der Waals surface area (Å²) < 4.78 is 11.8. The van der Waals surface area contributed by atoms with Gasteiger partial charge in [-0.25, -0.2) is 0 Å². The number of oxime groups is 1. The Hall–Kier alpha value is -1.49. The molecular weight excluding hydrogens is 310 g/mol. The Morgan fingerprint density at radius 1 is 1.26 bits per heavy atom. The van der Waals surface area contributed by atoms with Crippen molar-refractivity contribution in [2.24, 2.45) is 5.16 Å². The van der Waals surface area contributed by atoms with Crippen LogP contribution in [0.25, 0.3) is 0 Å². The van der Waals surface area contributed by atoms with Crippen molar-refractivity contribution >= 4 is 22.1 Å². The number of halogens is 1. The molecule has 1 heterocycles. The lowest BCUT2D eigenvalue weighted by Crippen LogP contribution is -1.93. The molecule has 100 valence electrons. The van der Waals surface area contributed by atoms with Crippen LogP contribution in [0.5, 0.6) is 11.5 Å². The maximum atomic E-state index is 5.31. The number of fused-ring (bicyclic) bond motifs is 1. The SMILES string of the molecule is BrC1=C(/C=N/OCc2ccc3c(c2)OCO3)CCC1. The van der Waals surface area contributed by atoms with Crippen LogP contribution in [-0.4, -0.2) is 13.0 Å². The smallest absolute Gasteiger partial charge is 0.231 e. The number of benzene rings is 1. The molecule has 1 aromatic carbocycles. The summed E-state index contributed by atoms with van der Waals surface area (Å²) in [6, 6.07) is 5.76. The number of hydrogen-bond acceptors (Lipinski definition) is 4. The van der Waals surface area contributed by atoms with Gasteiger partial charge in [0.2, 0.25) is 6.79 Å². The summed E-state index contributed by atoms with van der Waals surface area (Å²) in [6.07, 6.45) is 5.15. The zero-order valence-electron chi connectivity index (χ0n) is 10.4. The molecule has 0 saturated heterocycles. The Morgan fingerprint density at radius 3 is 3.00 bits per heavy atom. The highest BCUT2D eigenvalue weighted by atomic mass is 79.9. The summed E-state index contributed by atoms with van der Waals surface area (Å²) >= 11 is 3.54. The van der Waals surface area contributed by atoms with Crippen LogP contribution in [0.15, 0.2) is 33.4 Å². The Kier molecular flexibility index (Phi) is 3.73. The van der Waals surface area contributed by atoms with E-state index in [0.29, 0.717) is 13.4 Å². The lowest BCUT2D eigenvalue weighted by Gasteiger charge is -2.02. The molecule has 0 bridgehead atoms. The number of ether oxygens (including phenoxy) is 2. The third-order valence-corrected chi connectivity index (χ3v) is 4.05. The zero-order chi connectivity index (χ0) is 13.1. The molecule has 0 N–H and O–H groups in total. The second-order valence-electron chi connectivity index (χ2n) is 4.48. The number of allylic oxidation sites excluding steroid dienone is 2. The lowest BCUT2D eigenvalue weighted by atomic mass is 10.2. The molecule has 4 nitrogen and oxygen atoms in total. The van der Waals surface area contributed by atoms with Crippen molar-refractivity contribution in [3.63, 3.8) is 0 Å². The maximum absolute atomic E-state index is 5.31. The van der Waals surface area contributed by atoms with Crippen molar-refractivity contribution in [2.45, 2.75) is 25.9 Å². The third kappa shape index (κ3) is 2.92. The van der Waals surface area contributed by atoms with E-state index in [1.807, 2.05) is 18.2 Å². The molecule has 5 heteroatoms. The van der Waals surface area contributed by atoms with Crippen LogP contribution >= 0.6 is 15.9 Å². The van der Waals surface area contributed by atoms with E-state index in [9.17, 15) is 0 Å². The molecule has 2 aliphatic rings. The Labute approximate surface area is 120 Å². The van der Waals surface area contributed by atoms with Gasteiger partial charge in [0.15, 0.2) is 11.5 Å². The first-order valence-electron chi connectivity index (χ1n) is 6.24. The van der Waals surface area contributed by atoms with Crippen molar-refractivity contribution < 1.29 is 14.3 Å². The van der Waals surface area contributed by atoms with Crippen LogP contribution in [0.3, 0.4) is 0 Å². The quantitative estimate of drug-likeness (QED) is 0.625. The summed E-state index contributed by atoms with van der Waals surface area (Å²) in [5.41, 5.74) is 2.24. The second-order valence-corrected chi connectivity index (χ2v) is 5.44. The highest BCUT2D eigenvalue weighted by Gasteiger charge is 2.13. The van der Waals surface area contributed by atoms with Gasteiger partial charge >= 0.3 is 0 Å². The first kappa shape index (κ1) is 12.5. The van der Waals surface area contributed by atoms with Crippen LogP contribution in [0.4, 0.5) is 0 Å². The Bertz CT molecular complexity index is 539. The van der Waals surface area contributed by atoms with Crippen molar-refractivity contribution in [1.29, 1.82) is 0 Å². The van der Waals surface area contributed by atoms with Crippen LogP contribution in [-0.2, 0) is 11.4 Å². The minimum absolute atomic E-state index is 0.292. The van der Waals surface area contributed by atoms with E-state index in [1.54, 1.807) is 6.21 Å². The monoisotopic (exact) mass is 323 g/mol. The fourth-order valence-electron chi connectivity index (χ4n) is 2.11. The molecule has 0 saturated carbocycles. The minimum Gasteiger partial charge on any atom is -0.454 e. The van der Waals surface area contributed by atoms with Crippen molar-refractivity contribution in [3.8, 4) is 11.5 Å². The van der Waals surface area contributed by atoms with E-state index in [4.69, 9.17) is 14.3 Å². The first-order chi connectivity index (χ1) is 9.33. The van der Waals surface area contributed by atoms with Crippen molar-refractivity contribution in [3.05, 3.63) is 33.8 Å². The van der Waals surface area contributed by atoms with Gasteiger partial charge in [0, 0.05) is 0 Å². The van der Waals surface area contributed by atoms with Gasteiger partial charge in [-0.2, -0.15) is 0 Å². The molecule has 0 amide bonds. The fourth-order valence-corrected chi connectivity index (χ4v) is 2.69. The van der Waals surface area contributed by atoms with E-state index in [2.05, 4.69) is 21.1 Å². The van der Waals surface area contributed by atoms with Gasteiger partial charge in [0.05, 0.1) is 6.21 Å². The molecule has 19 heavy (non-hydrogen) atoms. The number of nitrogens with zero attached hydrogens (tertiary/aromatic N) is 1. The molecule has 1 aliphatic heterocycles. The summed E-state index contributed by atoms with van der Waals surface area (Å²) in [4.78, 5) is 5.31. The molecule has 0 radical (unpaired) electrons. The van der Waals surface area contributed by atoms with Crippen LogP contribution < -0.4 is 9.47 Å². The number of rotatable bonds is 4. The maximum Gasteiger partial charge on any atom is 0.231 e. The molecule has 0 spiro atoms. The predicted octanol–water partition coefficient (Wildman–Crippen LogP) is 3.75. The van der Waals surface area contributed by atoms with Crippen LogP contribution in [0, 0.1) is 0 Å². The largest absolute Gasteiger partial charge is 0.454 e. The molecule has 0 unspecified atom stereocenters. The molecule has 1 aromatic rings. The van der Waals surface area contributed by atoms with Crippen LogP contribution in [0.1, 0.15) is 24.8 Å². The van der Waals surface area contributed by atoms with Crippen molar-refractivity contribution in [1.82, 2.24) is 0 Å². The Balaban J connectivity index is 1.55. The van der Waals surface area contributed by atoms with Crippen LogP contribution in [0.2, 0.25) is 0 Å². The zero-order valence-corrected chi connectivity index (χ0v) is 12.0. The minimum atomic E-state index is 0.292. The Morgan fingerprint density at radius 2 is 2.16 bits per heavy atom. The van der Waals surface area contributed by atoms with Crippen molar-refractivity contribution in [2.75, 3.05) is 6.79 Å². The predicted molar refractivity (Wildman–Crippen MR) is 75.7 cm³/mol. The first-order valence-corrected chi connectivity index (χ1v) is 7.03. The summed E-state index contributed by atoms with van der Waals surface area (Å²) in [5.74, 6) is 1.55. The van der Waals surface area contributed by atoms with Gasteiger partial charge in [-0.05, 0) is 47.0 Å². The molecule has 3 rings (SSSR count). The number of hydrogen-bond donors (Lipinski definition) is 0. The van der Waals surface area contributed by atoms with Gasteiger partial charge in [-0.1, -0.05) is 27.2 Å². The average molecular weight is 324 g/mol. The van der Waals surface area contributed by atoms with E-state index in [1.165, 1.54) is 16.5 Å². The average Bonchev–Trinajstić information content (AvgIpc) is 3.03. The second kappa shape index (κ2) is 5.65. The van der Waals surface area contributed by atoms with E-state index in [-0.39, 0.29) is 0 Å². The van der Waals surface area contributed by atoms with E-state index < -0.39 is 0 Å². The highest BCUT2D eigenvalue weighted by molar-refractivity contribution is 9.11. The normalized spacial score (nSPS) is 17.5. The summed E-state index contributed by atoms with van der Waals surface area (Å²) in [6.45, 7) is 0.720. The topological polar surface area (TPSA) is 40.0 Å².